The molecule has 1 aromatic rings. The van der Waals surface area contributed by atoms with E-state index in [4.69, 9.17) is 0 Å². The van der Waals surface area contributed by atoms with Crippen molar-refractivity contribution < 1.29 is 19.2 Å². The van der Waals surface area contributed by atoms with Crippen molar-refractivity contribution in [2.24, 2.45) is 23.2 Å². The lowest BCUT2D eigenvalue weighted by atomic mass is 9.61. The van der Waals surface area contributed by atoms with E-state index in [1.54, 1.807) is 24.3 Å². The molecule has 4 atom stereocenters. The zero-order chi connectivity index (χ0) is 19.1. The van der Waals surface area contributed by atoms with E-state index in [2.05, 4.69) is 15.9 Å². The van der Waals surface area contributed by atoms with Gasteiger partial charge in [-0.2, -0.15) is 0 Å². The summed E-state index contributed by atoms with van der Waals surface area (Å²) in [4.78, 5) is 53.5. The number of fused-ring (bicyclic) bond motifs is 1. The van der Waals surface area contributed by atoms with Crippen molar-refractivity contribution in [2.45, 2.75) is 6.92 Å². The van der Waals surface area contributed by atoms with Crippen molar-refractivity contribution >= 4 is 45.0 Å². The number of hydrogen-bond donors (Lipinski definition) is 0. The van der Waals surface area contributed by atoms with Crippen LogP contribution < -0.4 is 4.90 Å². The first kappa shape index (κ1) is 16.6. The van der Waals surface area contributed by atoms with Gasteiger partial charge in [0, 0.05) is 4.48 Å². The van der Waals surface area contributed by atoms with Crippen LogP contribution in [0.15, 0.2) is 58.6 Å². The monoisotopic (exact) mass is 423 g/mol. The maximum absolute atomic E-state index is 13.4. The van der Waals surface area contributed by atoms with Crippen molar-refractivity contribution in [1.29, 1.82) is 0 Å². The number of benzene rings is 1. The van der Waals surface area contributed by atoms with Gasteiger partial charge in [0.05, 0.1) is 28.9 Å². The van der Waals surface area contributed by atoms with Crippen molar-refractivity contribution in [3.8, 4) is 0 Å². The van der Waals surface area contributed by atoms with Crippen LogP contribution >= 0.6 is 15.9 Å². The summed E-state index contributed by atoms with van der Waals surface area (Å²) in [6, 6.07) is 7.08. The Labute approximate surface area is 163 Å². The molecule has 0 unspecified atom stereocenters. The molecule has 1 spiro atoms. The summed E-state index contributed by atoms with van der Waals surface area (Å²) < 4.78 is 0.501. The van der Waals surface area contributed by atoms with E-state index in [1.165, 1.54) is 12.2 Å². The molecule has 1 heterocycles. The van der Waals surface area contributed by atoms with Gasteiger partial charge in [-0.25, -0.2) is 4.90 Å². The van der Waals surface area contributed by atoms with Gasteiger partial charge in [-0.1, -0.05) is 45.8 Å². The van der Waals surface area contributed by atoms with Gasteiger partial charge in [0.1, 0.15) is 0 Å². The second kappa shape index (κ2) is 5.23. The van der Waals surface area contributed by atoms with Crippen molar-refractivity contribution in [2.75, 3.05) is 4.90 Å². The molecule has 4 aliphatic carbocycles. The van der Waals surface area contributed by atoms with Gasteiger partial charge in [0.2, 0.25) is 11.8 Å². The number of imide groups is 1. The number of rotatable bonds is 1. The number of carbonyl (C=O) groups excluding carboxylic acids is 4. The Morgan fingerprint density at radius 2 is 1.70 bits per heavy atom. The topological polar surface area (TPSA) is 71.5 Å². The minimum atomic E-state index is -1.28. The van der Waals surface area contributed by atoms with E-state index in [0.717, 1.165) is 10.5 Å². The van der Waals surface area contributed by atoms with Gasteiger partial charge < -0.3 is 0 Å². The second-order valence-electron chi connectivity index (χ2n) is 7.42. The summed E-state index contributed by atoms with van der Waals surface area (Å²) in [7, 11) is 0. The molecular weight excluding hydrogens is 410 g/mol. The molecule has 1 saturated heterocycles. The van der Waals surface area contributed by atoms with Gasteiger partial charge in [-0.3, -0.25) is 19.2 Å². The van der Waals surface area contributed by atoms with E-state index < -0.39 is 35.0 Å². The maximum atomic E-state index is 13.4. The first-order valence-electron chi connectivity index (χ1n) is 8.68. The van der Waals surface area contributed by atoms with Crippen LogP contribution in [-0.4, -0.2) is 23.4 Å². The van der Waals surface area contributed by atoms with E-state index in [9.17, 15) is 19.2 Å². The fourth-order valence-electron chi connectivity index (χ4n) is 4.79. The van der Waals surface area contributed by atoms with Crippen molar-refractivity contribution in [3.63, 3.8) is 0 Å². The Morgan fingerprint density at radius 3 is 2.41 bits per heavy atom. The molecule has 6 heteroatoms. The molecule has 0 N–H and O–H groups in total. The minimum Gasteiger partial charge on any atom is -0.294 e. The lowest BCUT2D eigenvalue weighted by Crippen LogP contribution is -2.45. The third kappa shape index (κ3) is 1.88. The first-order chi connectivity index (χ1) is 12.9. The van der Waals surface area contributed by atoms with Gasteiger partial charge in [0.15, 0.2) is 11.6 Å². The highest BCUT2D eigenvalue weighted by atomic mass is 79.9. The van der Waals surface area contributed by atoms with Crippen LogP contribution in [0.25, 0.3) is 0 Å². The molecule has 2 amide bonds. The van der Waals surface area contributed by atoms with Crippen molar-refractivity contribution in [3.05, 3.63) is 64.2 Å². The summed E-state index contributed by atoms with van der Waals surface area (Å²) in [6.45, 7) is 1.92. The lowest BCUT2D eigenvalue weighted by molar-refractivity contribution is -0.133. The van der Waals surface area contributed by atoms with Gasteiger partial charge >= 0.3 is 0 Å². The molecule has 1 aliphatic heterocycles. The number of ketones is 2. The van der Waals surface area contributed by atoms with E-state index in [0.29, 0.717) is 15.7 Å². The Bertz CT molecular complexity index is 1050. The number of amides is 2. The number of anilines is 1. The Hall–Kier alpha value is -2.60. The molecule has 6 rings (SSSR count). The molecule has 1 fully saturated rings. The Balaban J connectivity index is 1.72. The van der Waals surface area contributed by atoms with Crippen LogP contribution in [0, 0.1) is 30.1 Å². The molecule has 134 valence electrons. The predicted octanol–water partition coefficient (Wildman–Crippen LogP) is 2.64. The fourth-order valence-corrected chi connectivity index (χ4v) is 5.44. The molecule has 0 radical (unpaired) electrons. The van der Waals surface area contributed by atoms with Crippen LogP contribution in [0.4, 0.5) is 5.69 Å². The lowest BCUT2D eigenvalue weighted by Gasteiger charge is -2.36. The van der Waals surface area contributed by atoms with Gasteiger partial charge in [0.25, 0.3) is 0 Å². The van der Waals surface area contributed by atoms with Crippen LogP contribution in [0.2, 0.25) is 0 Å². The highest BCUT2D eigenvalue weighted by molar-refractivity contribution is 9.12. The zero-order valence-corrected chi connectivity index (χ0v) is 15.9. The first-order valence-corrected chi connectivity index (χ1v) is 9.47. The SMILES string of the molecule is Cc1ccc(N2C(=O)[C@@H]3[C@@H]4C=C[C@]5(C(=O)C=C(Br)C5=CC4=O)[C@@H]3C2=O)cc1. The summed E-state index contributed by atoms with van der Waals surface area (Å²) in [5.41, 5.74) is 0.677. The summed E-state index contributed by atoms with van der Waals surface area (Å²) in [6.07, 6.45) is 6.12. The minimum absolute atomic E-state index is 0.248. The van der Waals surface area contributed by atoms with Crippen LogP contribution in [0.3, 0.4) is 0 Å². The Morgan fingerprint density at radius 1 is 1.00 bits per heavy atom. The highest BCUT2D eigenvalue weighted by Gasteiger charge is 2.67. The summed E-state index contributed by atoms with van der Waals surface area (Å²) in [5, 5.41) is 0. The Kier molecular flexibility index (Phi) is 3.21. The average molecular weight is 424 g/mol. The molecule has 0 saturated carbocycles. The number of hydrogen-bond acceptors (Lipinski definition) is 4. The molecule has 2 bridgehead atoms. The smallest absolute Gasteiger partial charge is 0.239 e. The molecule has 1 aromatic carbocycles. The molecular formula is C21H14BrNO4. The summed E-state index contributed by atoms with van der Waals surface area (Å²) >= 11 is 3.35. The maximum Gasteiger partial charge on any atom is 0.239 e. The standard InChI is InChI=1S/C21H14BrNO4/c1-10-2-4-11(5-3-10)23-19(26)17-12-6-7-21(18(17)20(23)27)13(8-15(12)24)14(22)9-16(21)25/h2-9,12,17-18H,1H3/t12-,17-,18+,21+/m1/s1. The normalized spacial score (nSPS) is 33.9. The van der Waals surface area contributed by atoms with Crippen LogP contribution in [0.1, 0.15) is 5.56 Å². The van der Waals surface area contributed by atoms with Gasteiger partial charge in [-0.15, -0.1) is 0 Å². The highest BCUT2D eigenvalue weighted by Crippen LogP contribution is 2.59. The third-order valence-corrected chi connectivity index (χ3v) is 6.73. The average Bonchev–Trinajstić information content (AvgIpc) is 2.91. The number of halogens is 1. The fraction of sp³-hybridized carbons (Fsp3) is 0.238. The van der Waals surface area contributed by atoms with E-state index in [1.807, 2.05) is 19.1 Å². The number of allylic oxidation sites excluding steroid dienone is 6. The number of carbonyl (C=O) groups is 4. The van der Waals surface area contributed by atoms with E-state index >= 15 is 0 Å². The van der Waals surface area contributed by atoms with Crippen molar-refractivity contribution in [1.82, 2.24) is 0 Å². The largest absolute Gasteiger partial charge is 0.294 e. The predicted molar refractivity (Wildman–Crippen MR) is 101 cm³/mol. The zero-order valence-electron chi connectivity index (χ0n) is 14.3. The molecule has 5 aliphatic rings. The molecule has 0 aromatic heterocycles. The van der Waals surface area contributed by atoms with E-state index in [-0.39, 0.29) is 11.6 Å². The number of aryl methyl sites for hydroxylation is 1. The van der Waals surface area contributed by atoms with Crippen LogP contribution in [0.5, 0.6) is 0 Å². The second-order valence-corrected chi connectivity index (χ2v) is 8.28. The molecule has 5 nitrogen and oxygen atoms in total. The number of nitrogens with zero attached hydrogens (tertiary/aromatic N) is 1. The summed E-state index contributed by atoms with van der Waals surface area (Å²) in [5.74, 6) is -3.85. The quantitative estimate of drug-likeness (QED) is 0.514. The third-order valence-electron chi connectivity index (χ3n) is 6.07. The molecule has 27 heavy (non-hydrogen) atoms. The van der Waals surface area contributed by atoms with Gasteiger partial charge in [-0.05, 0) is 36.8 Å². The van der Waals surface area contributed by atoms with Crippen LogP contribution in [-0.2, 0) is 19.2 Å².